The maximum atomic E-state index is 9.92. The second kappa shape index (κ2) is 22.2. The van der Waals surface area contributed by atoms with Crippen LogP contribution in [-0.4, -0.2) is 37.7 Å². The summed E-state index contributed by atoms with van der Waals surface area (Å²) >= 11 is 0. The van der Waals surface area contributed by atoms with Crippen LogP contribution in [0.15, 0.2) is 0 Å². The molecule has 0 aliphatic carbocycles. The van der Waals surface area contributed by atoms with Crippen molar-refractivity contribution >= 4 is 0 Å². The van der Waals surface area contributed by atoms with Gasteiger partial charge in [0, 0.05) is 0 Å². The monoisotopic (exact) mass is 346 g/mol. The van der Waals surface area contributed by atoms with Crippen LogP contribution in [0.4, 0.5) is 0 Å². The van der Waals surface area contributed by atoms with Crippen molar-refractivity contribution in [1.82, 2.24) is 4.90 Å². The van der Waals surface area contributed by atoms with E-state index in [2.05, 4.69) is 11.8 Å². The quantitative estimate of drug-likeness (QED) is 0.200. The molecule has 0 atom stereocenters. The van der Waals surface area contributed by atoms with Gasteiger partial charge in [-0.25, -0.2) is 0 Å². The third kappa shape index (κ3) is 32.9. The van der Waals surface area contributed by atoms with E-state index in [0.717, 1.165) is 12.8 Å². The first-order valence-electron chi connectivity index (χ1n) is 9.89. The molecule has 0 aromatic carbocycles. The van der Waals surface area contributed by atoms with Crippen molar-refractivity contribution in [2.75, 3.05) is 27.7 Å². The van der Waals surface area contributed by atoms with Gasteiger partial charge in [0.25, 0.3) is 5.09 Å². The molecule has 0 aliphatic rings. The molecule has 0 fully saturated rings. The molecular weight excluding hydrogens is 304 g/mol. The maximum Gasteiger partial charge on any atom is 0.294 e. The minimum atomic E-state index is -0.706. The first-order valence-corrected chi connectivity index (χ1v) is 9.89. The zero-order valence-corrected chi connectivity index (χ0v) is 16.7. The number of nitrogens with zero attached hydrogens (tertiary/aromatic N) is 2. The van der Waals surface area contributed by atoms with E-state index in [1.807, 2.05) is 26.0 Å². The van der Waals surface area contributed by atoms with Crippen LogP contribution < -0.4 is 0 Å². The normalized spacial score (nSPS) is 10.4. The van der Waals surface area contributed by atoms with Crippen molar-refractivity contribution in [1.29, 1.82) is 0 Å². The van der Waals surface area contributed by atoms with Crippen molar-refractivity contribution in [2.24, 2.45) is 0 Å². The van der Waals surface area contributed by atoms with E-state index in [0.29, 0.717) is 0 Å². The summed E-state index contributed by atoms with van der Waals surface area (Å²) in [6, 6.07) is 0. The highest BCUT2D eigenvalue weighted by molar-refractivity contribution is 4.49. The molecule has 5 heteroatoms. The number of hydrogen-bond acceptors (Lipinski definition) is 4. The third-order valence-electron chi connectivity index (χ3n) is 3.69. The summed E-state index contributed by atoms with van der Waals surface area (Å²) in [5.74, 6) is 0. The summed E-state index contributed by atoms with van der Waals surface area (Å²) in [4.78, 5) is 16.2. The molecule has 0 saturated carbocycles. The molecule has 0 radical (unpaired) electrons. The summed E-state index contributed by atoms with van der Waals surface area (Å²) in [5.41, 5.74) is 0. The van der Waals surface area contributed by atoms with Gasteiger partial charge >= 0.3 is 0 Å². The fourth-order valence-electron chi connectivity index (χ4n) is 2.44. The molecule has 0 aromatic heterocycles. The minimum absolute atomic E-state index is 0.255. The Bertz CT molecular complexity index is 246. The van der Waals surface area contributed by atoms with E-state index >= 15 is 0 Å². The van der Waals surface area contributed by atoms with Crippen LogP contribution in [0, 0.1) is 10.1 Å². The molecule has 0 N–H and O–H groups in total. The summed E-state index contributed by atoms with van der Waals surface area (Å²) in [5, 5.41) is 9.21. The SMILES string of the molecule is CCCCCCCCCCCCCCCCO[N+](=O)[O-].CN(C)C. The Balaban J connectivity index is 0. The van der Waals surface area contributed by atoms with E-state index in [-0.39, 0.29) is 6.61 Å². The van der Waals surface area contributed by atoms with Gasteiger partial charge in [-0.3, -0.25) is 0 Å². The molecule has 0 spiro atoms. The fraction of sp³-hybridized carbons (Fsp3) is 1.00. The van der Waals surface area contributed by atoms with Gasteiger partial charge in [-0.1, -0.05) is 90.4 Å². The predicted molar refractivity (Wildman–Crippen MR) is 103 cm³/mol. The van der Waals surface area contributed by atoms with E-state index in [9.17, 15) is 10.1 Å². The van der Waals surface area contributed by atoms with Crippen LogP contribution >= 0.6 is 0 Å². The van der Waals surface area contributed by atoms with Crippen LogP contribution in [-0.2, 0) is 4.84 Å². The summed E-state index contributed by atoms with van der Waals surface area (Å²) in [6.07, 6.45) is 18.1. The molecular formula is C19H42N2O3. The van der Waals surface area contributed by atoms with Gasteiger partial charge in [-0.05, 0) is 27.6 Å². The topological polar surface area (TPSA) is 55.6 Å². The molecule has 0 aromatic rings. The Labute approximate surface area is 150 Å². The first-order chi connectivity index (χ1) is 11.5. The van der Waals surface area contributed by atoms with Gasteiger partial charge in [0.2, 0.25) is 0 Å². The molecule has 146 valence electrons. The number of hydrogen-bond donors (Lipinski definition) is 0. The maximum absolute atomic E-state index is 9.92. The minimum Gasteiger partial charge on any atom is -0.314 e. The van der Waals surface area contributed by atoms with E-state index in [4.69, 9.17) is 0 Å². The second-order valence-corrected chi connectivity index (χ2v) is 6.99. The molecule has 0 unspecified atom stereocenters. The fourth-order valence-corrected chi connectivity index (χ4v) is 2.44. The zero-order chi connectivity index (χ0) is 18.5. The molecule has 5 nitrogen and oxygen atoms in total. The van der Waals surface area contributed by atoms with Crippen molar-refractivity contribution in [3.8, 4) is 0 Å². The van der Waals surface area contributed by atoms with Crippen molar-refractivity contribution in [3.05, 3.63) is 10.1 Å². The molecule has 0 amide bonds. The molecule has 0 saturated heterocycles. The molecule has 0 aliphatic heterocycles. The lowest BCUT2D eigenvalue weighted by molar-refractivity contribution is -0.757. The summed E-state index contributed by atoms with van der Waals surface area (Å²) in [6.45, 7) is 2.51. The summed E-state index contributed by atoms with van der Waals surface area (Å²) < 4.78 is 0. The van der Waals surface area contributed by atoms with Crippen LogP contribution in [0.1, 0.15) is 96.8 Å². The van der Waals surface area contributed by atoms with Crippen LogP contribution in [0.3, 0.4) is 0 Å². The zero-order valence-electron chi connectivity index (χ0n) is 16.7. The van der Waals surface area contributed by atoms with Gasteiger partial charge in [-0.2, -0.15) is 0 Å². The van der Waals surface area contributed by atoms with Gasteiger partial charge in [0.15, 0.2) is 0 Å². The van der Waals surface area contributed by atoms with Gasteiger partial charge in [0.1, 0.15) is 0 Å². The molecule has 0 heterocycles. The van der Waals surface area contributed by atoms with E-state index in [1.54, 1.807) is 0 Å². The molecule has 0 rings (SSSR count). The highest BCUT2D eigenvalue weighted by Gasteiger charge is 1.96. The highest BCUT2D eigenvalue weighted by Crippen LogP contribution is 2.12. The number of rotatable bonds is 16. The third-order valence-corrected chi connectivity index (χ3v) is 3.69. The van der Waals surface area contributed by atoms with Crippen molar-refractivity contribution < 1.29 is 9.92 Å². The lowest BCUT2D eigenvalue weighted by Gasteiger charge is -2.03. The number of unbranched alkanes of at least 4 members (excludes halogenated alkanes) is 13. The Kier molecular flexibility index (Phi) is 23.5. The van der Waals surface area contributed by atoms with E-state index < -0.39 is 5.09 Å². The second-order valence-electron chi connectivity index (χ2n) is 6.99. The van der Waals surface area contributed by atoms with E-state index in [1.165, 1.54) is 77.0 Å². The Hall–Kier alpha value is -0.840. The Morgan fingerprint density at radius 3 is 1.29 bits per heavy atom. The van der Waals surface area contributed by atoms with Gasteiger partial charge < -0.3 is 9.74 Å². The Morgan fingerprint density at radius 2 is 1.00 bits per heavy atom. The lowest BCUT2D eigenvalue weighted by atomic mass is 10.0. The van der Waals surface area contributed by atoms with Crippen molar-refractivity contribution in [3.63, 3.8) is 0 Å². The molecule has 24 heavy (non-hydrogen) atoms. The summed E-state index contributed by atoms with van der Waals surface area (Å²) in [7, 11) is 6.00. The highest BCUT2D eigenvalue weighted by atomic mass is 16.9. The predicted octanol–water partition coefficient (Wildman–Crippen LogP) is 5.85. The largest absolute Gasteiger partial charge is 0.314 e. The average Bonchev–Trinajstić information content (AvgIpc) is 2.50. The molecule has 0 bridgehead atoms. The van der Waals surface area contributed by atoms with Crippen LogP contribution in [0.2, 0.25) is 0 Å². The van der Waals surface area contributed by atoms with Crippen molar-refractivity contribution in [2.45, 2.75) is 96.8 Å². The van der Waals surface area contributed by atoms with Gasteiger partial charge in [-0.15, -0.1) is 10.1 Å². The van der Waals surface area contributed by atoms with Crippen LogP contribution in [0.5, 0.6) is 0 Å². The average molecular weight is 347 g/mol. The van der Waals surface area contributed by atoms with Crippen LogP contribution in [0.25, 0.3) is 0 Å². The standard InChI is InChI=1S/C16H33NO3.C3H9N/c1-2-3-4-5-6-7-8-9-10-11-12-13-14-15-16-20-17(18)19;1-4(2)3/h2-16H2,1H3;1-3H3. The smallest absolute Gasteiger partial charge is 0.294 e. The Morgan fingerprint density at radius 1 is 0.708 bits per heavy atom. The first kappa shape index (κ1) is 25.4. The van der Waals surface area contributed by atoms with Gasteiger partial charge in [0.05, 0.1) is 6.61 Å². The lowest BCUT2D eigenvalue weighted by Crippen LogP contribution is -2.01.